The van der Waals surface area contributed by atoms with Crippen LogP contribution in [0, 0.1) is 13.8 Å². The molecule has 2 aliphatic heterocycles. The molecule has 238 valence electrons. The van der Waals surface area contributed by atoms with Crippen LogP contribution in [0.1, 0.15) is 97.0 Å². The topological polar surface area (TPSA) is 124 Å². The number of likely N-dealkylation sites (N-methyl/N-ethyl adjacent to an activating group) is 1. The Morgan fingerprint density at radius 2 is 1.64 bits per heavy atom. The molecule has 9 nitrogen and oxygen atoms in total. The molecule has 3 N–H and O–H groups in total. The van der Waals surface area contributed by atoms with Crippen molar-refractivity contribution in [3.8, 4) is 0 Å². The van der Waals surface area contributed by atoms with Gasteiger partial charge in [0.15, 0.2) is 0 Å². The minimum absolute atomic E-state index is 0.0477. The molecule has 3 aromatic heterocycles. The first-order valence-corrected chi connectivity index (χ1v) is 15.9. The normalized spacial score (nSPS) is 14.6. The van der Waals surface area contributed by atoms with Crippen molar-refractivity contribution in [1.82, 2.24) is 24.8 Å². The second-order valence-corrected chi connectivity index (χ2v) is 12.3. The number of nitrogens with one attached hydrogen (secondary N) is 2. The smallest absolute Gasteiger partial charge is 0.340 e. The van der Waals surface area contributed by atoms with Gasteiger partial charge < -0.3 is 24.7 Å². The van der Waals surface area contributed by atoms with Crippen molar-refractivity contribution in [2.45, 2.75) is 86.2 Å². The zero-order chi connectivity index (χ0) is 32.6. The van der Waals surface area contributed by atoms with Gasteiger partial charge in [-0.05, 0) is 80.5 Å². The molecular weight excluding hydrogens is 566 g/mol. The summed E-state index contributed by atoms with van der Waals surface area (Å²) in [5, 5.41) is 10.4. The Bertz CT molecular complexity index is 1860. The molecule has 8 bridgehead atoms. The highest BCUT2D eigenvalue weighted by atomic mass is 16.5. The minimum Gasteiger partial charge on any atom is -0.465 e. The molecule has 0 aromatic carbocycles. The molecule has 2 aliphatic rings. The zero-order valence-corrected chi connectivity index (χ0v) is 27.8. The molecule has 0 saturated carbocycles. The molecule has 1 atom stereocenters. The molecule has 5 heterocycles. The van der Waals surface area contributed by atoms with Crippen LogP contribution >= 0.6 is 0 Å². The van der Waals surface area contributed by atoms with Crippen molar-refractivity contribution >= 4 is 45.1 Å². The third kappa shape index (κ3) is 5.93. The van der Waals surface area contributed by atoms with Crippen molar-refractivity contribution in [3.05, 3.63) is 68.8 Å². The summed E-state index contributed by atoms with van der Waals surface area (Å²) >= 11 is 0. The lowest BCUT2D eigenvalue weighted by Gasteiger charge is -2.18. The molecule has 0 aliphatic carbocycles. The molecule has 5 rings (SSSR count). The Labute approximate surface area is 264 Å². The number of nitrogens with zero attached hydrogens (tertiary/aromatic N) is 3. The number of unbranched alkanes of at least 4 members (excludes halogenated alkanes) is 1. The summed E-state index contributed by atoms with van der Waals surface area (Å²) in [6.45, 7) is 12.9. The van der Waals surface area contributed by atoms with Gasteiger partial charge in [-0.1, -0.05) is 27.2 Å². The monoisotopic (exact) mass is 611 g/mol. The number of aryl methyl sites for hydroxylation is 3. The van der Waals surface area contributed by atoms with E-state index in [1.54, 1.807) is 4.90 Å². The number of amides is 1. The van der Waals surface area contributed by atoms with Crippen LogP contribution in [-0.4, -0.2) is 62.5 Å². The molecule has 9 heteroatoms. The predicted molar refractivity (Wildman–Crippen MR) is 179 cm³/mol. The van der Waals surface area contributed by atoms with Crippen LogP contribution in [0.2, 0.25) is 0 Å². The first-order valence-electron chi connectivity index (χ1n) is 15.9. The van der Waals surface area contributed by atoms with E-state index < -0.39 is 5.97 Å². The van der Waals surface area contributed by atoms with Crippen molar-refractivity contribution in [2.24, 2.45) is 0 Å². The summed E-state index contributed by atoms with van der Waals surface area (Å²) in [5.41, 5.74) is 12.0. The highest BCUT2D eigenvalue weighted by Gasteiger charge is 2.31. The van der Waals surface area contributed by atoms with Gasteiger partial charge in [0.1, 0.15) is 0 Å². The number of methoxy groups -OCH3 is 1. The van der Waals surface area contributed by atoms with Crippen LogP contribution in [0.25, 0.3) is 33.2 Å². The molecule has 0 saturated heterocycles. The van der Waals surface area contributed by atoms with Crippen LogP contribution in [-0.2, 0) is 40.2 Å². The van der Waals surface area contributed by atoms with E-state index >= 15 is 0 Å². The van der Waals surface area contributed by atoms with Crippen molar-refractivity contribution < 1.29 is 19.4 Å². The van der Waals surface area contributed by atoms with E-state index in [9.17, 15) is 14.7 Å². The van der Waals surface area contributed by atoms with Crippen LogP contribution in [0.3, 0.4) is 0 Å². The van der Waals surface area contributed by atoms with E-state index in [0.717, 1.165) is 75.0 Å². The fourth-order valence-corrected chi connectivity index (χ4v) is 6.46. The number of fused-ring (bicyclic) bond motifs is 8. The van der Waals surface area contributed by atoms with Crippen molar-refractivity contribution in [1.29, 1.82) is 0 Å². The fraction of sp³-hybridized carbons (Fsp3) is 0.444. The van der Waals surface area contributed by atoms with Gasteiger partial charge in [0, 0.05) is 64.1 Å². The number of hydrogen-bond acceptors (Lipinski definition) is 6. The number of hydrogen-bond donors (Lipinski definition) is 3. The highest BCUT2D eigenvalue weighted by molar-refractivity contribution is 6.25. The van der Waals surface area contributed by atoms with Crippen LogP contribution in [0.5, 0.6) is 0 Å². The second kappa shape index (κ2) is 13.0. The second-order valence-electron chi connectivity index (χ2n) is 12.3. The summed E-state index contributed by atoms with van der Waals surface area (Å²) in [7, 11) is 3.19. The van der Waals surface area contributed by atoms with E-state index in [0.29, 0.717) is 41.1 Å². The van der Waals surface area contributed by atoms with Gasteiger partial charge in [-0.3, -0.25) is 9.78 Å². The SMILES string of the molecule is CCCCN(C)C(=O)Cc1c2nc(cc3[nH]c(cc4[nH]c(cc5nc1C(C(=O)OC)=C5C)c(CC)c4C)c(CO)c3C)C(C)C2. The number of allylic oxidation sites excluding steroid dienone is 1. The zero-order valence-electron chi connectivity index (χ0n) is 27.8. The number of aliphatic hydroxyl groups excluding tert-OH is 1. The minimum atomic E-state index is -0.488. The number of carbonyl (C=O) groups excluding carboxylic acids is 2. The number of H-pyrrole nitrogens is 2. The van der Waals surface area contributed by atoms with E-state index in [1.807, 2.05) is 39.1 Å². The number of aromatic amines is 2. The summed E-state index contributed by atoms with van der Waals surface area (Å²) in [6.07, 6.45) is 3.35. The van der Waals surface area contributed by atoms with Crippen molar-refractivity contribution in [2.75, 3.05) is 20.7 Å². The lowest BCUT2D eigenvalue weighted by molar-refractivity contribution is -0.133. The highest BCUT2D eigenvalue weighted by Crippen LogP contribution is 2.37. The number of carbonyl (C=O) groups is 2. The average molecular weight is 612 g/mol. The lowest BCUT2D eigenvalue weighted by atomic mass is 9.96. The molecule has 0 spiro atoms. The molecule has 45 heavy (non-hydrogen) atoms. The average Bonchev–Trinajstić information content (AvgIpc) is 3.72. The predicted octanol–water partition coefficient (Wildman–Crippen LogP) is 6.24. The first-order chi connectivity index (χ1) is 21.5. The van der Waals surface area contributed by atoms with E-state index in [1.165, 1.54) is 7.11 Å². The Balaban J connectivity index is 1.94. The van der Waals surface area contributed by atoms with Gasteiger partial charge in [-0.2, -0.15) is 0 Å². The van der Waals surface area contributed by atoms with Gasteiger partial charge in [0.2, 0.25) is 5.91 Å². The molecule has 1 amide bonds. The van der Waals surface area contributed by atoms with Crippen molar-refractivity contribution in [3.63, 3.8) is 0 Å². The number of esters is 1. The van der Waals surface area contributed by atoms with E-state index in [4.69, 9.17) is 14.7 Å². The van der Waals surface area contributed by atoms with Gasteiger partial charge in [0.05, 0.1) is 37.1 Å². The van der Waals surface area contributed by atoms with Crippen LogP contribution < -0.4 is 0 Å². The fourth-order valence-electron chi connectivity index (χ4n) is 6.46. The standard InChI is InChI=1S/C36H45N5O4/c1-9-11-12-41(7)33(43)14-24-30-13-19(3)26(37-30)15-27-21(5)25(18-42)32(39-27)16-28-20(4)23(10-2)31(38-28)17-29-22(6)34(35(24)40-29)36(44)45-8/h15-17,19,38-39,42H,9-14,18H2,1-8H3. The van der Waals surface area contributed by atoms with Gasteiger partial charge >= 0.3 is 5.97 Å². The number of ether oxygens (including phenoxy) is 1. The third-order valence-corrected chi connectivity index (χ3v) is 9.40. The molecular formula is C36H45N5O4. The first kappa shape index (κ1) is 32.2. The summed E-state index contributed by atoms with van der Waals surface area (Å²) < 4.78 is 5.27. The molecule has 3 aromatic rings. The summed E-state index contributed by atoms with van der Waals surface area (Å²) in [6, 6.07) is 6.07. The Kier molecular flexibility index (Phi) is 9.30. The maximum absolute atomic E-state index is 13.6. The van der Waals surface area contributed by atoms with Crippen LogP contribution in [0.4, 0.5) is 0 Å². The Morgan fingerprint density at radius 1 is 0.978 bits per heavy atom. The van der Waals surface area contributed by atoms with Gasteiger partial charge in [-0.15, -0.1) is 0 Å². The summed E-state index contributed by atoms with van der Waals surface area (Å²) in [5.74, 6) is -0.471. The Hall–Kier alpha value is -4.24. The van der Waals surface area contributed by atoms with E-state index in [-0.39, 0.29) is 24.9 Å². The Morgan fingerprint density at radius 3 is 2.29 bits per heavy atom. The quantitative estimate of drug-likeness (QED) is 0.259. The molecule has 0 fully saturated rings. The third-order valence-electron chi connectivity index (χ3n) is 9.40. The van der Waals surface area contributed by atoms with E-state index in [2.05, 4.69) is 37.7 Å². The van der Waals surface area contributed by atoms with Gasteiger partial charge in [0.25, 0.3) is 0 Å². The van der Waals surface area contributed by atoms with Gasteiger partial charge in [-0.25, -0.2) is 9.78 Å². The molecule has 1 unspecified atom stereocenters. The summed E-state index contributed by atoms with van der Waals surface area (Å²) in [4.78, 5) is 46.0. The maximum atomic E-state index is 13.6. The number of aliphatic hydroxyl groups is 1. The molecule has 0 radical (unpaired) electrons. The maximum Gasteiger partial charge on any atom is 0.340 e. The number of aromatic nitrogens is 4. The number of rotatable bonds is 8. The van der Waals surface area contributed by atoms with Crippen LogP contribution in [0.15, 0.2) is 18.2 Å². The lowest BCUT2D eigenvalue weighted by Crippen LogP contribution is -2.29. The largest absolute Gasteiger partial charge is 0.465 e.